The predicted molar refractivity (Wildman–Crippen MR) is 116 cm³/mol. The van der Waals surface area contributed by atoms with Crippen LogP contribution >= 0.6 is 0 Å². The number of aliphatic hydroxyl groups excluding tert-OH is 1. The minimum atomic E-state index is -0.450. The molecule has 1 aliphatic rings. The summed E-state index contributed by atoms with van der Waals surface area (Å²) >= 11 is 0. The lowest BCUT2D eigenvalue weighted by molar-refractivity contribution is -0.254. The molecular weight excluding hydrogens is 380 g/mol. The van der Waals surface area contributed by atoms with Crippen molar-refractivity contribution in [2.24, 2.45) is 0 Å². The number of hydrogen-bond donors (Lipinski definition) is 1. The molecule has 30 heavy (non-hydrogen) atoms. The fraction of sp³-hybridized carbons (Fsp3) is 0.440. The first-order valence-electron chi connectivity index (χ1n) is 10.5. The Hall–Kier alpha value is -2.18. The van der Waals surface area contributed by atoms with Gasteiger partial charge < -0.3 is 24.1 Å². The monoisotopic (exact) mass is 412 g/mol. The summed E-state index contributed by atoms with van der Waals surface area (Å²) in [6.07, 6.45) is 3.46. The van der Waals surface area contributed by atoms with Crippen molar-refractivity contribution in [2.45, 2.75) is 56.9 Å². The Balaban J connectivity index is 1.52. The highest BCUT2D eigenvalue weighted by Crippen LogP contribution is 2.33. The number of ether oxygens (including phenoxy) is 4. The lowest BCUT2D eigenvalue weighted by atomic mass is 10.00. The van der Waals surface area contributed by atoms with Crippen molar-refractivity contribution in [1.29, 1.82) is 0 Å². The largest absolute Gasteiger partial charge is 0.497 e. The van der Waals surface area contributed by atoms with Crippen LogP contribution in [0.3, 0.4) is 0 Å². The Kier molecular flexibility index (Phi) is 8.90. The van der Waals surface area contributed by atoms with Crippen LogP contribution in [0.5, 0.6) is 5.75 Å². The van der Waals surface area contributed by atoms with Gasteiger partial charge in [-0.3, -0.25) is 0 Å². The third kappa shape index (κ3) is 6.96. The molecule has 0 unspecified atom stereocenters. The van der Waals surface area contributed by atoms with Gasteiger partial charge in [0.05, 0.1) is 32.0 Å². The zero-order chi connectivity index (χ0) is 21.2. The van der Waals surface area contributed by atoms with Gasteiger partial charge in [-0.25, -0.2) is 0 Å². The lowest BCUT2D eigenvalue weighted by Gasteiger charge is -2.36. The van der Waals surface area contributed by atoms with Crippen molar-refractivity contribution in [3.63, 3.8) is 0 Å². The molecule has 2 aromatic carbocycles. The Morgan fingerprint density at radius 1 is 1.10 bits per heavy atom. The Morgan fingerprint density at radius 3 is 2.53 bits per heavy atom. The Morgan fingerprint density at radius 2 is 1.83 bits per heavy atom. The van der Waals surface area contributed by atoms with Crippen molar-refractivity contribution in [2.75, 3.05) is 13.7 Å². The van der Waals surface area contributed by atoms with Gasteiger partial charge in [0.25, 0.3) is 0 Å². The van der Waals surface area contributed by atoms with Gasteiger partial charge in [0.15, 0.2) is 6.29 Å². The molecule has 1 aliphatic heterocycles. The number of hydrogen-bond acceptors (Lipinski definition) is 5. The first kappa shape index (κ1) is 22.5. The van der Waals surface area contributed by atoms with Gasteiger partial charge >= 0.3 is 0 Å². The van der Waals surface area contributed by atoms with Gasteiger partial charge in [0, 0.05) is 25.0 Å². The molecule has 1 N–H and O–H groups in total. The average molecular weight is 413 g/mol. The normalized spacial score (nSPS) is 22.4. The van der Waals surface area contributed by atoms with Crippen molar-refractivity contribution >= 4 is 0 Å². The standard InChI is InChI=1S/C25H32O5/c1-3-7-21(26)16-24-17-23(29-25(30-24)20-8-5-4-6-9-20)14-15-28-18-19-10-12-22(27-2)13-11-19/h3-6,8-13,21,23-26H,1,7,14-18H2,2H3/t21-,23+,24-,25+/m1/s1. The maximum Gasteiger partial charge on any atom is 0.184 e. The van der Waals surface area contributed by atoms with Crippen LogP contribution < -0.4 is 4.74 Å². The maximum absolute atomic E-state index is 10.2. The van der Waals surface area contributed by atoms with E-state index in [1.54, 1.807) is 13.2 Å². The molecule has 1 saturated heterocycles. The SMILES string of the molecule is C=CC[C@@H](O)C[C@@H]1C[C@H](CCOCc2ccc(OC)cc2)O[C@H](c2ccccc2)O1. The van der Waals surface area contributed by atoms with Crippen LogP contribution in [-0.4, -0.2) is 37.1 Å². The highest BCUT2D eigenvalue weighted by Gasteiger charge is 2.31. The summed E-state index contributed by atoms with van der Waals surface area (Å²) in [5.41, 5.74) is 2.10. The number of rotatable bonds is 11. The number of aliphatic hydroxyl groups is 1. The van der Waals surface area contributed by atoms with Crippen LogP contribution in [0.15, 0.2) is 67.3 Å². The molecule has 1 fully saturated rings. The van der Waals surface area contributed by atoms with Gasteiger partial charge in [-0.05, 0) is 30.5 Å². The summed E-state index contributed by atoms with van der Waals surface area (Å²) in [6.45, 7) is 4.86. The second-order valence-electron chi connectivity index (χ2n) is 7.60. The topological polar surface area (TPSA) is 57.2 Å². The third-order valence-corrected chi connectivity index (χ3v) is 5.22. The first-order chi connectivity index (χ1) is 14.7. The van der Waals surface area contributed by atoms with Crippen molar-refractivity contribution in [1.82, 2.24) is 0 Å². The van der Waals surface area contributed by atoms with Crippen LogP contribution in [0, 0.1) is 0 Å². The van der Waals surface area contributed by atoms with Crippen LogP contribution in [-0.2, 0) is 20.8 Å². The molecule has 4 atom stereocenters. The minimum Gasteiger partial charge on any atom is -0.497 e. The molecule has 0 bridgehead atoms. The molecular formula is C25H32O5. The summed E-state index contributed by atoms with van der Waals surface area (Å²) in [5.74, 6) is 0.839. The van der Waals surface area contributed by atoms with E-state index in [2.05, 4.69) is 6.58 Å². The van der Waals surface area contributed by atoms with Gasteiger partial charge in [0.1, 0.15) is 5.75 Å². The summed E-state index contributed by atoms with van der Waals surface area (Å²) in [7, 11) is 1.66. The van der Waals surface area contributed by atoms with Crippen LogP contribution in [0.1, 0.15) is 43.1 Å². The number of methoxy groups -OCH3 is 1. The molecule has 1 heterocycles. The van der Waals surface area contributed by atoms with Gasteiger partial charge in [-0.15, -0.1) is 6.58 Å². The highest BCUT2D eigenvalue weighted by molar-refractivity contribution is 5.26. The summed E-state index contributed by atoms with van der Waals surface area (Å²) in [6, 6.07) is 17.8. The van der Waals surface area contributed by atoms with Gasteiger partial charge in [-0.1, -0.05) is 48.5 Å². The van der Waals surface area contributed by atoms with E-state index >= 15 is 0 Å². The van der Waals surface area contributed by atoms with Gasteiger partial charge in [0.2, 0.25) is 0 Å². The zero-order valence-electron chi connectivity index (χ0n) is 17.6. The average Bonchev–Trinajstić information content (AvgIpc) is 2.78. The minimum absolute atomic E-state index is 0.0146. The molecule has 5 nitrogen and oxygen atoms in total. The molecule has 3 rings (SSSR count). The Bertz CT molecular complexity index is 746. The van der Waals surface area contributed by atoms with E-state index in [1.807, 2.05) is 54.6 Å². The van der Waals surface area contributed by atoms with E-state index in [4.69, 9.17) is 18.9 Å². The fourth-order valence-electron chi connectivity index (χ4n) is 3.61. The molecule has 0 amide bonds. The zero-order valence-corrected chi connectivity index (χ0v) is 17.6. The van der Waals surface area contributed by atoms with Crippen molar-refractivity contribution < 1.29 is 24.1 Å². The lowest BCUT2D eigenvalue weighted by Crippen LogP contribution is -2.36. The van der Waals surface area contributed by atoms with Crippen LogP contribution in [0.4, 0.5) is 0 Å². The molecule has 0 aromatic heterocycles. The summed E-state index contributed by atoms with van der Waals surface area (Å²) < 4.78 is 23.4. The van der Waals surface area contributed by atoms with E-state index in [0.29, 0.717) is 26.1 Å². The van der Waals surface area contributed by atoms with Crippen LogP contribution in [0.2, 0.25) is 0 Å². The van der Waals surface area contributed by atoms with E-state index in [1.165, 1.54) is 0 Å². The predicted octanol–water partition coefficient (Wildman–Crippen LogP) is 4.80. The summed E-state index contributed by atoms with van der Waals surface area (Å²) in [5, 5.41) is 10.2. The molecule has 5 heteroatoms. The molecule has 162 valence electrons. The van der Waals surface area contributed by atoms with E-state index in [0.717, 1.165) is 29.7 Å². The Labute approximate surface area is 179 Å². The molecule has 0 aliphatic carbocycles. The van der Waals surface area contributed by atoms with Crippen LogP contribution in [0.25, 0.3) is 0 Å². The molecule has 2 aromatic rings. The van der Waals surface area contributed by atoms with E-state index in [9.17, 15) is 5.11 Å². The molecule has 0 spiro atoms. The fourth-order valence-corrected chi connectivity index (χ4v) is 3.61. The third-order valence-electron chi connectivity index (χ3n) is 5.22. The first-order valence-corrected chi connectivity index (χ1v) is 10.5. The molecule has 0 saturated carbocycles. The smallest absolute Gasteiger partial charge is 0.184 e. The van der Waals surface area contributed by atoms with E-state index in [-0.39, 0.29) is 12.2 Å². The quantitative estimate of drug-likeness (QED) is 0.424. The van der Waals surface area contributed by atoms with Crippen molar-refractivity contribution in [3.05, 3.63) is 78.4 Å². The summed E-state index contributed by atoms with van der Waals surface area (Å²) in [4.78, 5) is 0. The highest BCUT2D eigenvalue weighted by atomic mass is 16.7. The second kappa shape index (κ2) is 11.9. The van der Waals surface area contributed by atoms with Crippen molar-refractivity contribution in [3.8, 4) is 5.75 Å². The number of benzene rings is 2. The molecule has 0 radical (unpaired) electrons. The second-order valence-corrected chi connectivity index (χ2v) is 7.60. The van der Waals surface area contributed by atoms with E-state index < -0.39 is 12.4 Å². The maximum atomic E-state index is 10.2. The van der Waals surface area contributed by atoms with Gasteiger partial charge in [-0.2, -0.15) is 0 Å².